The van der Waals surface area contributed by atoms with Crippen LogP contribution in [-0.2, 0) is 19.5 Å². The Kier molecular flexibility index (Phi) is 2.46. The van der Waals surface area contributed by atoms with Crippen molar-refractivity contribution in [2.24, 2.45) is 11.5 Å². The third-order valence-corrected chi connectivity index (χ3v) is 3.63. The van der Waals surface area contributed by atoms with Crippen molar-refractivity contribution >= 4 is 0 Å². The highest BCUT2D eigenvalue weighted by atomic mass is 14.6. The monoisotopic (exact) mass is 224 g/mol. The van der Waals surface area contributed by atoms with Crippen LogP contribution in [0.25, 0.3) is 11.1 Å². The van der Waals surface area contributed by atoms with Gasteiger partial charge in [0, 0.05) is 13.1 Å². The zero-order valence-electron chi connectivity index (χ0n) is 9.74. The number of nitrogens with two attached hydrogens (primary N) is 2. The summed E-state index contributed by atoms with van der Waals surface area (Å²) in [4.78, 5) is 0. The molecule has 0 saturated heterocycles. The van der Waals surface area contributed by atoms with E-state index in [0.717, 1.165) is 6.42 Å². The molecule has 86 valence electrons. The molecule has 0 fully saturated rings. The molecule has 2 heteroatoms. The van der Waals surface area contributed by atoms with E-state index >= 15 is 0 Å². The van der Waals surface area contributed by atoms with E-state index in [4.69, 9.17) is 11.5 Å². The van der Waals surface area contributed by atoms with Crippen molar-refractivity contribution in [2.75, 3.05) is 0 Å². The molecule has 0 aromatic heterocycles. The van der Waals surface area contributed by atoms with Gasteiger partial charge < -0.3 is 11.5 Å². The Morgan fingerprint density at radius 1 is 0.882 bits per heavy atom. The standard InChI is InChI=1S/C15H16N2/c16-8-11-5-6-13-12-4-2-1-3-10(12)7-14(13)15(11)9-17/h1-6H,7-9,16-17H2. The van der Waals surface area contributed by atoms with Gasteiger partial charge in [-0.15, -0.1) is 0 Å². The summed E-state index contributed by atoms with van der Waals surface area (Å²) >= 11 is 0. The Labute approximate surface area is 101 Å². The average molecular weight is 224 g/mol. The van der Waals surface area contributed by atoms with Gasteiger partial charge in [-0.25, -0.2) is 0 Å². The van der Waals surface area contributed by atoms with E-state index in [1.54, 1.807) is 0 Å². The van der Waals surface area contributed by atoms with Gasteiger partial charge in [-0.2, -0.15) is 0 Å². The van der Waals surface area contributed by atoms with E-state index in [0.29, 0.717) is 13.1 Å². The minimum atomic E-state index is 0.566. The molecule has 0 atom stereocenters. The maximum atomic E-state index is 5.88. The number of hydrogen-bond donors (Lipinski definition) is 2. The first kappa shape index (κ1) is 10.5. The summed E-state index contributed by atoms with van der Waals surface area (Å²) in [6.45, 7) is 1.14. The first-order valence-corrected chi connectivity index (χ1v) is 5.97. The smallest absolute Gasteiger partial charge is 0.0184 e. The van der Waals surface area contributed by atoms with Crippen LogP contribution in [0.2, 0.25) is 0 Å². The van der Waals surface area contributed by atoms with Crippen molar-refractivity contribution in [3.05, 3.63) is 58.7 Å². The molecule has 1 aliphatic rings. The average Bonchev–Trinajstić information content (AvgIpc) is 2.75. The van der Waals surface area contributed by atoms with Gasteiger partial charge in [-0.1, -0.05) is 36.4 Å². The molecule has 1 aliphatic carbocycles. The van der Waals surface area contributed by atoms with E-state index in [1.807, 2.05) is 0 Å². The molecular weight excluding hydrogens is 208 g/mol. The van der Waals surface area contributed by atoms with E-state index in [-0.39, 0.29) is 0 Å². The quantitative estimate of drug-likeness (QED) is 0.701. The largest absolute Gasteiger partial charge is 0.326 e. The Balaban J connectivity index is 2.24. The van der Waals surface area contributed by atoms with Crippen LogP contribution in [0.4, 0.5) is 0 Å². The molecule has 0 spiro atoms. The van der Waals surface area contributed by atoms with E-state index < -0.39 is 0 Å². The van der Waals surface area contributed by atoms with Crippen LogP contribution in [0.3, 0.4) is 0 Å². The van der Waals surface area contributed by atoms with E-state index in [1.165, 1.54) is 33.4 Å². The maximum Gasteiger partial charge on any atom is 0.0184 e. The van der Waals surface area contributed by atoms with Gasteiger partial charge in [-0.3, -0.25) is 0 Å². The number of hydrogen-bond acceptors (Lipinski definition) is 2. The van der Waals surface area contributed by atoms with Crippen molar-refractivity contribution in [2.45, 2.75) is 19.5 Å². The molecule has 2 aromatic rings. The molecule has 17 heavy (non-hydrogen) atoms. The van der Waals surface area contributed by atoms with Gasteiger partial charge in [0.05, 0.1) is 0 Å². The topological polar surface area (TPSA) is 52.0 Å². The van der Waals surface area contributed by atoms with Crippen molar-refractivity contribution in [3.8, 4) is 11.1 Å². The van der Waals surface area contributed by atoms with Crippen molar-refractivity contribution < 1.29 is 0 Å². The van der Waals surface area contributed by atoms with Crippen LogP contribution in [0.5, 0.6) is 0 Å². The molecule has 0 saturated carbocycles. The molecule has 4 N–H and O–H groups in total. The summed E-state index contributed by atoms with van der Waals surface area (Å²) in [5, 5.41) is 0. The van der Waals surface area contributed by atoms with Gasteiger partial charge in [0.25, 0.3) is 0 Å². The summed E-state index contributed by atoms with van der Waals surface area (Å²) in [5.74, 6) is 0. The van der Waals surface area contributed by atoms with Crippen molar-refractivity contribution in [1.29, 1.82) is 0 Å². The lowest BCUT2D eigenvalue weighted by atomic mass is 9.96. The fourth-order valence-corrected chi connectivity index (χ4v) is 2.77. The second-order valence-electron chi connectivity index (χ2n) is 4.47. The Bertz CT molecular complexity index is 573. The van der Waals surface area contributed by atoms with Crippen LogP contribution >= 0.6 is 0 Å². The van der Waals surface area contributed by atoms with Crippen LogP contribution in [-0.4, -0.2) is 0 Å². The van der Waals surface area contributed by atoms with Crippen molar-refractivity contribution in [1.82, 2.24) is 0 Å². The summed E-state index contributed by atoms with van der Waals surface area (Å²) in [7, 11) is 0. The lowest BCUT2D eigenvalue weighted by Crippen LogP contribution is -2.09. The number of fused-ring (bicyclic) bond motifs is 3. The van der Waals surface area contributed by atoms with Gasteiger partial charge in [0.15, 0.2) is 0 Å². The third kappa shape index (κ3) is 1.49. The molecule has 2 aromatic carbocycles. The van der Waals surface area contributed by atoms with E-state index in [2.05, 4.69) is 36.4 Å². The highest BCUT2D eigenvalue weighted by Gasteiger charge is 2.21. The lowest BCUT2D eigenvalue weighted by Gasteiger charge is -2.11. The highest BCUT2D eigenvalue weighted by Crippen LogP contribution is 2.38. The SMILES string of the molecule is NCc1ccc2c(c1CN)Cc1ccccc1-2. The predicted molar refractivity (Wildman–Crippen MR) is 70.5 cm³/mol. The lowest BCUT2D eigenvalue weighted by molar-refractivity contribution is 0.958. The first-order chi connectivity index (χ1) is 8.35. The summed E-state index contributed by atoms with van der Waals surface area (Å²) in [5.41, 5.74) is 19.5. The highest BCUT2D eigenvalue weighted by molar-refractivity contribution is 5.78. The minimum absolute atomic E-state index is 0.566. The third-order valence-electron chi connectivity index (χ3n) is 3.63. The molecule has 0 unspecified atom stereocenters. The second-order valence-corrected chi connectivity index (χ2v) is 4.47. The van der Waals surface area contributed by atoms with Crippen LogP contribution in [0.15, 0.2) is 36.4 Å². The van der Waals surface area contributed by atoms with Crippen molar-refractivity contribution in [3.63, 3.8) is 0 Å². The number of benzene rings is 2. The molecule has 0 amide bonds. The zero-order valence-corrected chi connectivity index (χ0v) is 9.74. The Hall–Kier alpha value is -1.64. The molecule has 0 bridgehead atoms. The zero-order chi connectivity index (χ0) is 11.8. The summed E-state index contributed by atoms with van der Waals surface area (Å²) < 4.78 is 0. The maximum absolute atomic E-state index is 5.88. The molecule has 0 aliphatic heterocycles. The molecule has 0 heterocycles. The second kappa shape index (κ2) is 3.99. The van der Waals surface area contributed by atoms with Crippen LogP contribution in [0.1, 0.15) is 22.3 Å². The fourth-order valence-electron chi connectivity index (χ4n) is 2.77. The predicted octanol–water partition coefficient (Wildman–Crippen LogP) is 2.18. The molecule has 3 rings (SSSR count). The Morgan fingerprint density at radius 2 is 1.71 bits per heavy atom. The van der Waals surface area contributed by atoms with E-state index in [9.17, 15) is 0 Å². The normalized spacial score (nSPS) is 12.4. The van der Waals surface area contributed by atoms with Crippen LogP contribution < -0.4 is 11.5 Å². The fraction of sp³-hybridized carbons (Fsp3) is 0.200. The number of rotatable bonds is 2. The van der Waals surface area contributed by atoms with Gasteiger partial charge in [0.2, 0.25) is 0 Å². The van der Waals surface area contributed by atoms with Gasteiger partial charge >= 0.3 is 0 Å². The minimum Gasteiger partial charge on any atom is -0.326 e. The molecule has 2 nitrogen and oxygen atoms in total. The van der Waals surface area contributed by atoms with Crippen LogP contribution in [0, 0.1) is 0 Å². The van der Waals surface area contributed by atoms with Gasteiger partial charge in [-0.05, 0) is 39.8 Å². The summed E-state index contributed by atoms with van der Waals surface area (Å²) in [6.07, 6.45) is 0.992. The molecular formula is C15H16N2. The molecule has 0 radical (unpaired) electrons. The summed E-state index contributed by atoms with van der Waals surface area (Å²) in [6, 6.07) is 12.9. The Morgan fingerprint density at radius 3 is 2.47 bits per heavy atom. The van der Waals surface area contributed by atoms with Gasteiger partial charge in [0.1, 0.15) is 0 Å². The first-order valence-electron chi connectivity index (χ1n) is 5.97.